The fraction of sp³-hybridized carbons (Fsp3) is 0.625. The highest BCUT2D eigenvalue weighted by Gasteiger charge is 2.18. The van der Waals surface area contributed by atoms with E-state index in [4.69, 9.17) is 9.47 Å². The van der Waals surface area contributed by atoms with Crippen LogP contribution >= 0.6 is 15.9 Å². The van der Waals surface area contributed by atoms with Gasteiger partial charge in [0.1, 0.15) is 5.75 Å². The Hall–Kier alpha value is -0.620. The average Bonchev–Trinajstić information content (AvgIpc) is 2.48. The van der Waals surface area contributed by atoms with Gasteiger partial charge in [-0.15, -0.1) is 0 Å². The van der Waals surface area contributed by atoms with Crippen LogP contribution in [0.5, 0.6) is 5.75 Å². The normalized spacial score (nSPS) is 12.8. The molecule has 0 aliphatic carbocycles. The summed E-state index contributed by atoms with van der Waals surface area (Å²) >= 11 is 3.46. The molecule has 21 heavy (non-hydrogen) atoms. The number of nitrogens with zero attached hydrogens (tertiary/aromatic N) is 1. The van der Waals surface area contributed by atoms with Crippen molar-refractivity contribution in [2.75, 3.05) is 39.5 Å². The van der Waals surface area contributed by atoms with Gasteiger partial charge in [-0.1, -0.05) is 15.9 Å². The summed E-state index contributed by atoms with van der Waals surface area (Å²) in [6, 6.07) is 5.63. The second kappa shape index (κ2) is 10.2. The van der Waals surface area contributed by atoms with Gasteiger partial charge in [0, 0.05) is 42.4 Å². The summed E-state index contributed by atoms with van der Waals surface area (Å²) in [5, 5.41) is 10.1. The average molecular weight is 360 g/mol. The van der Waals surface area contributed by atoms with Crippen molar-refractivity contribution in [3.63, 3.8) is 0 Å². The van der Waals surface area contributed by atoms with E-state index in [9.17, 15) is 5.11 Å². The third-order valence-corrected chi connectivity index (χ3v) is 3.93. The molecule has 0 heterocycles. The molecule has 0 aliphatic heterocycles. The maximum absolute atomic E-state index is 10.1. The number of benzene rings is 1. The van der Waals surface area contributed by atoms with Gasteiger partial charge < -0.3 is 14.6 Å². The molecule has 1 atom stereocenters. The molecular weight excluding hydrogens is 334 g/mol. The number of phenols is 1. The van der Waals surface area contributed by atoms with E-state index >= 15 is 0 Å². The number of halogens is 1. The van der Waals surface area contributed by atoms with Crippen LogP contribution in [-0.2, 0) is 9.47 Å². The van der Waals surface area contributed by atoms with Crippen molar-refractivity contribution >= 4 is 15.9 Å². The molecule has 0 aromatic heterocycles. The molecular formula is C16H26BrNO3. The zero-order chi connectivity index (χ0) is 15.7. The van der Waals surface area contributed by atoms with Gasteiger partial charge in [0.15, 0.2) is 0 Å². The molecule has 0 spiro atoms. The van der Waals surface area contributed by atoms with E-state index < -0.39 is 0 Å². The summed E-state index contributed by atoms with van der Waals surface area (Å²) in [7, 11) is 0. The van der Waals surface area contributed by atoms with E-state index in [1.165, 1.54) is 0 Å². The van der Waals surface area contributed by atoms with Gasteiger partial charge in [-0.25, -0.2) is 0 Å². The molecule has 1 rings (SSSR count). The monoisotopic (exact) mass is 359 g/mol. The minimum absolute atomic E-state index is 0.100. The van der Waals surface area contributed by atoms with Crippen LogP contribution in [0.4, 0.5) is 0 Å². The Morgan fingerprint density at radius 3 is 2.24 bits per heavy atom. The molecule has 0 radical (unpaired) electrons. The van der Waals surface area contributed by atoms with Gasteiger partial charge in [-0.3, -0.25) is 4.90 Å². The van der Waals surface area contributed by atoms with Crippen LogP contribution in [0.25, 0.3) is 0 Å². The van der Waals surface area contributed by atoms with E-state index in [-0.39, 0.29) is 6.04 Å². The van der Waals surface area contributed by atoms with E-state index in [0.717, 1.165) is 36.3 Å². The molecule has 0 fully saturated rings. The molecule has 1 unspecified atom stereocenters. The first-order chi connectivity index (χ1) is 10.1. The Balaban J connectivity index is 2.76. The first-order valence-corrected chi connectivity index (χ1v) is 8.27. The van der Waals surface area contributed by atoms with Crippen molar-refractivity contribution in [2.24, 2.45) is 0 Å². The molecule has 0 bridgehead atoms. The predicted molar refractivity (Wildman–Crippen MR) is 88.8 cm³/mol. The lowest BCUT2D eigenvalue weighted by Gasteiger charge is -2.29. The summed E-state index contributed by atoms with van der Waals surface area (Å²) in [6.07, 6.45) is 0. The van der Waals surface area contributed by atoms with E-state index in [1.54, 1.807) is 6.07 Å². The first-order valence-electron chi connectivity index (χ1n) is 7.48. The zero-order valence-corrected chi connectivity index (χ0v) is 14.7. The van der Waals surface area contributed by atoms with Gasteiger partial charge >= 0.3 is 0 Å². The van der Waals surface area contributed by atoms with Crippen LogP contribution in [0, 0.1) is 0 Å². The Labute approximate surface area is 136 Å². The number of hydrogen-bond acceptors (Lipinski definition) is 4. The second-order valence-corrected chi connectivity index (χ2v) is 5.72. The lowest BCUT2D eigenvalue weighted by atomic mass is 10.1. The number of rotatable bonds is 10. The summed E-state index contributed by atoms with van der Waals surface area (Å²) in [6.45, 7) is 10.5. The predicted octanol–water partition coefficient (Wildman–Crippen LogP) is 3.59. The summed E-state index contributed by atoms with van der Waals surface area (Å²) in [5.41, 5.74) is 0.914. The third-order valence-electron chi connectivity index (χ3n) is 3.44. The van der Waals surface area contributed by atoms with Gasteiger partial charge in [-0.05, 0) is 39.0 Å². The first kappa shape index (κ1) is 18.4. The van der Waals surface area contributed by atoms with Gasteiger partial charge in [0.05, 0.1) is 13.2 Å². The van der Waals surface area contributed by atoms with Crippen LogP contribution in [0.3, 0.4) is 0 Å². The number of phenolic OH excluding ortho intramolecular Hbond substituents is 1. The SMILES string of the molecule is CCOCCN(CCOCC)C(C)c1cc(Br)ccc1O. The lowest BCUT2D eigenvalue weighted by molar-refractivity contribution is 0.0656. The fourth-order valence-electron chi connectivity index (χ4n) is 2.21. The highest BCUT2D eigenvalue weighted by atomic mass is 79.9. The van der Waals surface area contributed by atoms with E-state index in [0.29, 0.717) is 19.0 Å². The molecule has 0 saturated carbocycles. The molecule has 1 N–H and O–H groups in total. The molecule has 1 aromatic rings. The quantitative estimate of drug-likeness (QED) is 0.648. The highest BCUT2D eigenvalue weighted by molar-refractivity contribution is 9.10. The van der Waals surface area contributed by atoms with Crippen molar-refractivity contribution in [3.8, 4) is 5.75 Å². The van der Waals surface area contributed by atoms with E-state index in [2.05, 4.69) is 27.8 Å². The standard InChI is InChI=1S/C16H26BrNO3/c1-4-20-10-8-18(9-11-21-5-2)13(3)15-12-14(17)6-7-16(15)19/h6-7,12-13,19H,4-5,8-11H2,1-3H3. The fourth-order valence-corrected chi connectivity index (χ4v) is 2.59. The summed E-state index contributed by atoms with van der Waals surface area (Å²) in [4.78, 5) is 2.27. The Morgan fingerprint density at radius 2 is 1.71 bits per heavy atom. The number of aromatic hydroxyl groups is 1. The van der Waals surface area contributed by atoms with Crippen molar-refractivity contribution in [1.29, 1.82) is 0 Å². The Kier molecular flexibility index (Phi) is 8.92. The zero-order valence-electron chi connectivity index (χ0n) is 13.1. The van der Waals surface area contributed by atoms with Crippen molar-refractivity contribution in [2.45, 2.75) is 26.8 Å². The Morgan fingerprint density at radius 1 is 1.14 bits per heavy atom. The van der Waals surface area contributed by atoms with Gasteiger partial charge in [0.2, 0.25) is 0 Å². The topological polar surface area (TPSA) is 41.9 Å². The largest absolute Gasteiger partial charge is 0.508 e. The van der Waals surface area contributed by atoms with Crippen LogP contribution < -0.4 is 0 Å². The molecule has 120 valence electrons. The smallest absolute Gasteiger partial charge is 0.120 e. The molecule has 0 amide bonds. The number of hydrogen-bond donors (Lipinski definition) is 1. The number of ether oxygens (including phenoxy) is 2. The minimum atomic E-state index is 0.100. The molecule has 0 aliphatic rings. The second-order valence-electron chi connectivity index (χ2n) is 4.81. The van der Waals surface area contributed by atoms with Crippen molar-refractivity contribution < 1.29 is 14.6 Å². The maximum atomic E-state index is 10.1. The van der Waals surface area contributed by atoms with Crippen molar-refractivity contribution in [1.82, 2.24) is 4.90 Å². The van der Waals surface area contributed by atoms with Crippen LogP contribution in [-0.4, -0.2) is 49.5 Å². The molecule has 0 saturated heterocycles. The molecule has 4 nitrogen and oxygen atoms in total. The highest BCUT2D eigenvalue weighted by Crippen LogP contribution is 2.30. The van der Waals surface area contributed by atoms with Gasteiger partial charge in [-0.2, -0.15) is 0 Å². The molecule has 1 aromatic carbocycles. The lowest BCUT2D eigenvalue weighted by Crippen LogP contribution is -2.33. The van der Waals surface area contributed by atoms with E-state index in [1.807, 2.05) is 26.0 Å². The summed E-state index contributed by atoms with van der Waals surface area (Å²) < 4.78 is 11.9. The van der Waals surface area contributed by atoms with Crippen LogP contribution in [0.15, 0.2) is 22.7 Å². The van der Waals surface area contributed by atoms with Crippen LogP contribution in [0.1, 0.15) is 32.4 Å². The Bertz CT molecular complexity index is 405. The maximum Gasteiger partial charge on any atom is 0.120 e. The summed E-state index contributed by atoms with van der Waals surface area (Å²) in [5.74, 6) is 0.323. The third kappa shape index (κ3) is 6.34. The van der Waals surface area contributed by atoms with Crippen LogP contribution in [0.2, 0.25) is 0 Å². The minimum Gasteiger partial charge on any atom is -0.508 e. The van der Waals surface area contributed by atoms with Gasteiger partial charge in [0.25, 0.3) is 0 Å². The molecule has 5 heteroatoms. The van der Waals surface area contributed by atoms with Crippen molar-refractivity contribution in [3.05, 3.63) is 28.2 Å².